The molecule has 0 fully saturated rings. The number of furan rings is 1. The standard InChI is InChI=1S/C11H8N2O/c1-5-12-13(6-1)10-2-3-11-9(8-10)4-7-14-11/h1-8H. The van der Waals surface area contributed by atoms with Gasteiger partial charge < -0.3 is 4.42 Å². The van der Waals surface area contributed by atoms with E-state index in [1.54, 1.807) is 12.5 Å². The minimum Gasteiger partial charge on any atom is -0.464 e. The Labute approximate surface area is 80.6 Å². The summed E-state index contributed by atoms with van der Waals surface area (Å²) in [6.07, 6.45) is 5.37. The summed E-state index contributed by atoms with van der Waals surface area (Å²) in [4.78, 5) is 0. The molecular weight excluding hydrogens is 176 g/mol. The molecule has 0 spiro atoms. The topological polar surface area (TPSA) is 31.0 Å². The number of aromatic nitrogens is 2. The van der Waals surface area contributed by atoms with Gasteiger partial charge in [0.05, 0.1) is 12.0 Å². The Balaban J connectivity index is 2.23. The molecule has 2 heterocycles. The Hall–Kier alpha value is -2.03. The molecule has 3 aromatic rings. The van der Waals surface area contributed by atoms with Gasteiger partial charge >= 0.3 is 0 Å². The van der Waals surface area contributed by atoms with Gasteiger partial charge in [-0.25, -0.2) is 4.68 Å². The molecule has 2 aromatic heterocycles. The second-order valence-electron chi connectivity index (χ2n) is 3.09. The van der Waals surface area contributed by atoms with Crippen LogP contribution in [0.25, 0.3) is 16.7 Å². The van der Waals surface area contributed by atoms with E-state index in [0.29, 0.717) is 0 Å². The summed E-state index contributed by atoms with van der Waals surface area (Å²) in [5.41, 5.74) is 1.95. The van der Waals surface area contributed by atoms with Crippen molar-refractivity contribution in [2.24, 2.45) is 0 Å². The van der Waals surface area contributed by atoms with Crippen LogP contribution in [0.2, 0.25) is 0 Å². The van der Waals surface area contributed by atoms with Crippen LogP contribution in [0.3, 0.4) is 0 Å². The van der Waals surface area contributed by atoms with E-state index in [1.165, 1.54) is 0 Å². The lowest BCUT2D eigenvalue weighted by Gasteiger charge is -1.99. The first-order valence-corrected chi connectivity index (χ1v) is 4.41. The lowest BCUT2D eigenvalue weighted by atomic mass is 10.2. The fraction of sp³-hybridized carbons (Fsp3) is 0. The first-order valence-electron chi connectivity index (χ1n) is 4.41. The van der Waals surface area contributed by atoms with Crippen LogP contribution in [0.4, 0.5) is 0 Å². The largest absolute Gasteiger partial charge is 0.464 e. The van der Waals surface area contributed by atoms with E-state index in [4.69, 9.17) is 4.42 Å². The fourth-order valence-corrected chi connectivity index (χ4v) is 1.52. The molecule has 0 aliphatic carbocycles. The zero-order valence-electron chi connectivity index (χ0n) is 7.42. The Bertz CT molecular complexity index is 551. The maximum absolute atomic E-state index is 5.26. The minimum absolute atomic E-state index is 0.904. The van der Waals surface area contributed by atoms with Gasteiger partial charge in [-0.3, -0.25) is 0 Å². The molecular formula is C11H8N2O. The normalized spacial score (nSPS) is 10.9. The molecule has 1 aromatic carbocycles. The summed E-state index contributed by atoms with van der Waals surface area (Å²) < 4.78 is 7.09. The fourth-order valence-electron chi connectivity index (χ4n) is 1.52. The predicted molar refractivity (Wildman–Crippen MR) is 53.3 cm³/mol. The number of nitrogens with zero attached hydrogens (tertiary/aromatic N) is 2. The van der Waals surface area contributed by atoms with Gasteiger partial charge in [0.1, 0.15) is 5.58 Å². The van der Waals surface area contributed by atoms with Crippen LogP contribution < -0.4 is 0 Å². The number of hydrogen-bond donors (Lipinski definition) is 0. The lowest BCUT2D eigenvalue weighted by Crippen LogP contribution is -1.92. The van der Waals surface area contributed by atoms with Crippen molar-refractivity contribution in [1.82, 2.24) is 9.78 Å². The third kappa shape index (κ3) is 1.03. The molecule has 0 saturated heterocycles. The highest BCUT2D eigenvalue weighted by molar-refractivity contribution is 5.79. The van der Waals surface area contributed by atoms with E-state index in [-0.39, 0.29) is 0 Å². The number of rotatable bonds is 1. The predicted octanol–water partition coefficient (Wildman–Crippen LogP) is 2.62. The van der Waals surface area contributed by atoms with E-state index in [9.17, 15) is 0 Å². The third-order valence-corrected chi connectivity index (χ3v) is 2.20. The summed E-state index contributed by atoms with van der Waals surface area (Å²) in [6, 6.07) is 9.83. The zero-order chi connectivity index (χ0) is 9.38. The minimum atomic E-state index is 0.904. The van der Waals surface area contributed by atoms with Gasteiger partial charge in [-0.15, -0.1) is 0 Å². The first kappa shape index (κ1) is 7.38. The average Bonchev–Trinajstić information content (AvgIpc) is 2.88. The SMILES string of the molecule is c1cnn(-c2ccc3occc3c2)c1. The highest BCUT2D eigenvalue weighted by atomic mass is 16.3. The molecule has 3 rings (SSSR count). The summed E-state index contributed by atoms with van der Waals surface area (Å²) in [5.74, 6) is 0. The highest BCUT2D eigenvalue weighted by Crippen LogP contribution is 2.18. The first-order chi connectivity index (χ1) is 6.93. The van der Waals surface area contributed by atoms with Crippen LogP contribution >= 0.6 is 0 Å². The van der Waals surface area contributed by atoms with Crippen molar-refractivity contribution < 1.29 is 4.42 Å². The second-order valence-corrected chi connectivity index (χ2v) is 3.09. The molecule has 0 atom stereocenters. The second kappa shape index (κ2) is 2.73. The average molecular weight is 184 g/mol. The molecule has 0 N–H and O–H groups in total. The monoisotopic (exact) mass is 184 g/mol. The summed E-state index contributed by atoms with van der Waals surface area (Å²) >= 11 is 0. The van der Waals surface area contributed by atoms with Crippen molar-refractivity contribution in [3.05, 3.63) is 49.0 Å². The number of benzene rings is 1. The van der Waals surface area contributed by atoms with Gasteiger partial charge in [-0.2, -0.15) is 5.10 Å². The van der Waals surface area contributed by atoms with Gasteiger partial charge in [-0.05, 0) is 30.3 Å². The molecule has 0 amide bonds. The molecule has 0 aliphatic rings. The van der Waals surface area contributed by atoms with Crippen LogP contribution in [-0.4, -0.2) is 9.78 Å². The Morgan fingerprint density at radius 1 is 1.21 bits per heavy atom. The van der Waals surface area contributed by atoms with Crippen molar-refractivity contribution in [2.45, 2.75) is 0 Å². The Kier molecular flexibility index (Phi) is 1.44. The summed E-state index contributed by atoms with van der Waals surface area (Å²) in [6.45, 7) is 0. The van der Waals surface area contributed by atoms with Gasteiger partial charge in [0.2, 0.25) is 0 Å². The van der Waals surface area contributed by atoms with E-state index in [2.05, 4.69) is 5.10 Å². The smallest absolute Gasteiger partial charge is 0.134 e. The number of hydrogen-bond acceptors (Lipinski definition) is 2. The van der Waals surface area contributed by atoms with E-state index >= 15 is 0 Å². The Morgan fingerprint density at radius 2 is 2.21 bits per heavy atom. The number of fused-ring (bicyclic) bond motifs is 1. The molecule has 0 saturated carbocycles. The van der Waals surface area contributed by atoms with Gasteiger partial charge in [0, 0.05) is 17.8 Å². The Morgan fingerprint density at radius 3 is 3.07 bits per heavy atom. The van der Waals surface area contributed by atoms with Gasteiger partial charge in [0.25, 0.3) is 0 Å². The quantitative estimate of drug-likeness (QED) is 0.582. The van der Waals surface area contributed by atoms with Crippen LogP contribution in [0.5, 0.6) is 0 Å². The maximum Gasteiger partial charge on any atom is 0.134 e. The van der Waals surface area contributed by atoms with Gasteiger partial charge in [0.15, 0.2) is 0 Å². The van der Waals surface area contributed by atoms with Crippen molar-refractivity contribution in [1.29, 1.82) is 0 Å². The molecule has 0 bridgehead atoms. The van der Waals surface area contributed by atoms with Crippen molar-refractivity contribution >= 4 is 11.0 Å². The lowest BCUT2D eigenvalue weighted by molar-refractivity contribution is 0.616. The van der Waals surface area contributed by atoms with E-state index < -0.39 is 0 Å². The van der Waals surface area contributed by atoms with Gasteiger partial charge in [-0.1, -0.05) is 0 Å². The molecule has 0 radical (unpaired) electrons. The summed E-state index contributed by atoms with van der Waals surface area (Å²) in [7, 11) is 0. The zero-order valence-corrected chi connectivity index (χ0v) is 7.42. The third-order valence-electron chi connectivity index (χ3n) is 2.20. The molecule has 0 unspecified atom stereocenters. The summed E-state index contributed by atoms with van der Waals surface area (Å²) in [5, 5.41) is 5.26. The van der Waals surface area contributed by atoms with E-state index in [1.807, 2.05) is 41.2 Å². The van der Waals surface area contributed by atoms with Crippen LogP contribution in [0.1, 0.15) is 0 Å². The van der Waals surface area contributed by atoms with E-state index in [0.717, 1.165) is 16.7 Å². The molecule has 68 valence electrons. The van der Waals surface area contributed by atoms with Crippen molar-refractivity contribution in [3.8, 4) is 5.69 Å². The molecule has 0 aliphatic heterocycles. The molecule has 3 nitrogen and oxygen atoms in total. The van der Waals surface area contributed by atoms with Crippen molar-refractivity contribution in [2.75, 3.05) is 0 Å². The van der Waals surface area contributed by atoms with Crippen molar-refractivity contribution in [3.63, 3.8) is 0 Å². The van der Waals surface area contributed by atoms with Crippen LogP contribution in [-0.2, 0) is 0 Å². The maximum atomic E-state index is 5.26. The highest BCUT2D eigenvalue weighted by Gasteiger charge is 1.99. The molecule has 3 heteroatoms. The molecule has 14 heavy (non-hydrogen) atoms. The van der Waals surface area contributed by atoms with Crippen LogP contribution in [0.15, 0.2) is 53.4 Å². The van der Waals surface area contributed by atoms with Crippen LogP contribution in [0, 0.1) is 0 Å².